The van der Waals surface area contributed by atoms with Gasteiger partial charge in [0, 0.05) is 6.42 Å². The van der Waals surface area contributed by atoms with Gasteiger partial charge in [0.15, 0.2) is 12.6 Å². The van der Waals surface area contributed by atoms with Gasteiger partial charge in [0.05, 0.1) is 32.0 Å². The second-order valence-electron chi connectivity index (χ2n) is 33.1. The Kier molecular flexibility index (Phi) is 73.2. The number of ether oxygens (including phenoxy) is 4. The van der Waals surface area contributed by atoms with Crippen molar-refractivity contribution in [3.63, 3.8) is 0 Å². The zero-order valence-corrected chi connectivity index (χ0v) is 70.4. The Morgan fingerprint density at radius 2 is 0.639 bits per heavy atom. The molecule has 0 spiro atoms. The van der Waals surface area contributed by atoms with E-state index in [0.29, 0.717) is 12.8 Å². The second kappa shape index (κ2) is 77.5. The molecule has 636 valence electrons. The van der Waals surface area contributed by atoms with Gasteiger partial charge in [-0.05, 0) is 51.4 Å². The highest BCUT2D eigenvalue weighted by atomic mass is 16.7. The minimum absolute atomic E-state index is 0.196. The molecule has 12 atom stereocenters. The number of aliphatic hydroxyl groups excluding tert-OH is 8. The van der Waals surface area contributed by atoms with Crippen LogP contribution in [0.15, 0.2) is 48.6 Å². The largest absolute Gasteiger partial charge is 0.394 e. The molecule has 2 fully saturated rings. The van der Waals surface area contributed by atoms with Crippen LogP contribution in [0, 0.1) is 0 Å². The molecule has 108 heavy (non-hydrogen) atoms. The summed E-state index contributed by atoms with van der Waals surface area (Å²) in [6.07, 6.45) is 89.2. The summed E-state index contributed by atoms with van der Waals surface area (Å²) in [5, 5.41) is 88.1. The fraction of sp³-hybridized carbons (Fsp3) is 0.904. The average Bonchev–Trinajstić information content (AvgIpc) is 0.789. The van der Waals surface area contributed by atoms with Gasteiger partial charge in [0.1, 0.15) is 48.8 Å². The number of rotatable bonds is 81. The van der Waals surface area contributed by atoms with E-state index in [1.54, 1.807) is 0 Å². The molecule has 0 aliphatic carbocycles. The minimum atomic E-state index is -1.78. The third-order valence-corrected chi connectivity index (χ3v) is 23.1. The van der Waals surface area contributed by atoms with Crippen LogP contribution in [0.25, 0.3) is 0 Å². The first kappa shape index (κ1) is 102. The number of aliphatic hydroxyl groups is 8. The lowest BCUT2D eigenvalue weighted by atomic mass is 9.97. The molecule has 0 bridgehead atoms. The summed E-state index contributed by atoms with van der Waals surface area (Å²) in [6, 6.07) is -0.830. The smallest absolute Gasteiger partial charge is 0.220 e. The number of hydrogen-bond donors (Lipinski definition) is 9. The van der Waals surface area contributed by atoms with E-state index in [-0.39, 0.29) is 12.5 Å². The van der Waals surface area contributed by atoms with Crippen LogP contribution in [0.3, 0.4) is 0 Å². The maximum Gasteiger partial charge on any atom is 0.220 e. The Balaban J connectivity index is 1.53. The van der Waals surface area contributed by atoms with Crippen molar-refractivity contribution in [2.45, 2.75) is 524 Å². The van der Waals surface area contributed by atoms with Crippen molar-refractivity contribution in [3.8, 4) is 0 Å². The molecule has 2 rings (SSSR count). The van der Waals surface area contributed by atoms with Crippen molar-refractivity contribution in [1.29, 1.82) is 0 Å². The Morgan fingerprint density at radius 3 is 0.981 bits per heavy atom. The molecule has 2 heterocycles. The minimum Gasteiger partial charge on any atom is -0.394 e. The molecule has 0 aromatic rings. The lowest BCUT2D eigenvalue weighted by Gasteiger charge is -2.46. The highest BCUT2D eigenvalue weighted by Gasteiger charge is 2.51. The van der Waals surface area contributed by atoms with E-state index in [1.807, 2.05) is 0 Å². The van der Waals surface area contributed by atoms with Crippen molar-refractivity contribution >= 4 is 5.91 Å². The quantitative estimate of drug-likeness (QED) is 0.0204. The predicted molar refractivity (Wildman–Crippen MR) is 452 cm³/mol. The highest BCUT2D eigenvalue weighted by molar-refractivity contribution is 5.76. The van der Waals surface area contributed by atoms with Crippen molar-refractivity contribution in [2.75, 3.05) is 19.8 Å². The van der Waals surface area contributed by atoms with E-state index in [0.717, 1.165) is 77.0 Å². The van der Waals surface area contributed by atoms with Crippen molar-refractivity contribution in [3.05, 3.63) is 48.6 Å². The third kappa shape index (κ3) is 58.7. The number of hydrogen-bond acceptors (Lipinski definition) is 13. The van der Waals surface area contributed by atoms with Gasteiger partial charge in [0.25, 0.3) is 0 Å². The molecule has 9 N–H and O–H groups in total. The van der Waals surface area contributed by atoms with E-state index >= 15 is 0 Å². The lowest BCUT2D eigenvalue weighted by molar-refractivity contribution is -0.359. The Morgan fingerprint density at radius 1 is 0.343 bits per heavy atom. The SMILES string of the molecule is CC/C=C\C/C=C\C/C=C\C/C=C\CCCCCCCCCCCCCCCCCCCCCCCCCCCCCCC(=O)NC(COC1OC(CO)C(OC2OC(CO)C(O)C(O)C2O)C(O)C1O)C(O)CCCCCCCCCCCCCCCCCCCCCCCCCCCCCCCCCCC. The summed E-state index contributed by atoms with van der Waals surface area (Å²) in [7, 11) is 0. The number of carbonyl (C=O) groups is 1. The molecule has 12 unspecified atom stereocenters. The zero-order valence-electron chi connectivity index (χ0n) is 70.4. The van der Waals surface area contributed by atoms with Gasteiger partial charge in [-0.2, -0.15) is 0 Å². The van der Waals surface area contributed by atoms with Crippen LogP contribution in [0.2, 0.25) is 0 Å². The van der Waals surface area contributed by atoms with Gasteiger partial charge in [-0.25, -0.2) is 0 Å². The molecule has 1 amide bonds. The fourth-order valence-electron chi connectivity index (χ4n) is 15.8. The summed E-state index contributed by atoms with van der Waals surface area (Å²) in [5.41, 5.74) is 0. The van der Waals surface area contributed by atoms with E-state index in [2.05, 4.69) is 67.8 Å². The highest BCUT2D eigenvalue weighted by Crippen LogP contribution is 2.31. The first-order chi connectivity index (χ1) is 53.1. The number of carbonyl (C=O) groups excluding carboxylic acids is 1. The zero-order chi connectivity index (χ0) is 77.9. The summed E-state index contributed by atoms with van der Waals surface area (Å²) < 4.78 is 23.1. The predicted octanol–water partition coefficient (Wildman–Crippen LogP) is 23.3. The van der Waals surface area contributed by atoms with E-state index in [9.17, 15) is 45.6 Å². The van der Waals surface area contributed by atoms with Gasteiger partial charge in [-0.1, -0.05) is 441 Å². The monoisotopic (exact) mass is 1530 g/mol. The number of unbranched alkanes of at least 4 members (excludes halogenated alkanes) is 60. The molecule has 0 radical (unpaired) electrons. The van der Waals surface area contributed by atoms with Gasteiger partial charge >= 0.3 is 0 Å². The molecular weight excluding hydrogens is 1350 g/mol. The maximum absolute atomic E-state index is 13.5. The van der Waals surface area contributed by atoms with Crippen molar-refractivity contribution < 1.29 is 64.6 Å². The van der Waals surface area contributed by atoms with E-state index in [4.69, 9.17) is 18.9 Å². The third-order valence-electron chi connectivity index (χ3n) is 23.1. The van der Waals surface area contributed by atoms with Crippen LogP contribution in [0.5, 0.6) is 0 Å². The molecular formula is C94H177NO13. The second-order valence-corrected chi connectivity index (χ2v) is 33.1. The van der Waals surface area contributed by atoms with Crippen LogP contribution < -0.4 is 5.32 Å². The fourth-order valence-corrected chi connectivity index (χ4v) is 15.8. The molecule has 2 aliphatic rings. The van der Waals surface area contributed by atoms with Gasteiger partial charge in [-0.15, -0.1) is 0 Å². The summed E-state index contributed by atoms with van der Waals surface area (Å²) in [6.45, 7) is 2.83. The van der Waals surface area contributed by atoms with Gasteiger partial charge in [-0.3, -0.25) is 4.79 Å². The standard InChI is InChI=1S/C94H177NO13/c1-3-5-7-9-11-13-15-17-19-21-23-25-27-29-31-33-35-37-38-39-40-41-42-43-44-46-48-50-52-54-56-58-60-62-64-66-68-70-72-74-76-78-86(99)95-82(81-105-93-91(104)89(102)92(85(80-97)107-93)108-94-90(103)88(101)87(100)84(79-96)106-94)83(98)77-75-73-71-69-67-65-63-61-59-57-55-53-51-49-47-45-36-34-32-30-28-26-24-22-20-18-16-14-12-10-8-6-4-2/h5,7,11,13,17,19,23,25,82-85,87-94,96-98,100-104H,3-4,6,8-10,12,14-16,18,20-22,24,26-81H2,1-2H3,(H,95,99)/b7-5-,13-11-,19-17-,25-23-. The van der Waals surface area contributed by atoms with Crippen molar-refractivity contribution in [2.24, 2.45) is 0 Å². The molecule has 14 nitrogen and oxygen atoms in total. The van der Waals surface area contributed by atoms with Crippen LogP contribution in [0.1, 0.15) is 450 Å². The van der Waals surface area contributed by atoms with E-state index < -0.39 is 86.8 Å². The van der Waals surface area contributed by atoms with Crippen LogP contribution >= 0.6 is 0 Å². The first-order valence-electron chi connectivity index (χ1n) is 46.9. The lowest BCUT2D eigenvalue weighted by Crippen LogP contribution is -2.65. The maximum atomic E-state index is 13.5. The Bertz CT molecular complexity index is 2000. The normalized spacial score (nSPS) is 21.3. The van der Waals surface area contributed by atoms with Crippen molar-refractivity contribution in [1.82, 2.24) is 5.32 Å². The molecule has 0 aromatic carbocycles. The van der Waals surface area contributed by atoms with Gasteiger partial charge < -0.3 is 65.1 Å². The molecule has 0 saturated carbocycles. The molecule has 2 saturated heterocycles. The van der Waals surface area contributed by atoms with Gasteiger partial charge in [0.2, 0.25) is 5.91 Å². The molecule has 2 aliphatic heterocycles. The Hall–Kier alpha value is -2.05. The topological polar surface area (TPSA) is 228 Å². The molecule has 14 heteroatoms. The Labute approximate surface area is 664 Å². The average molecular weight is 1530 g/mol. The first-order valence-corrected chi connectivity index (χ1v) is 46.9. The number of amides is 1. The summed E-state index contributed by atoms with van der Waals surface area (Å²) in [4.78, 5) is 13.5. The number of nitrogens with one attached hydrogen (secondary N) is 1. The van der Waals surface area contributed by atoms with E-state index in [1.165, 1.54) is 347 Å². The van der Waals surface area contributed by atoms with Crippen LogP contribution in [-0.2, 0) is 23.7 Å². The number of allylic oxidation sites excluding steroid dienone is 8. The van der Waals surface area contributed by atoms with Crippen LogP contribution in [0.4, 0.5) is 0 Å². The van der Waals surface area contributed by atoms with Crippen LogP contribution in [-0.4, -0.2) is 140 Å². The summed E-state index contributed by atoms with van der Waals surface area (Å²) >= 11 is 0. The molecule has 0 aromatic heterocycles. The summed E-state index contributed by atoms with van der Waals surface area (Å²) in [5.74, 6) is -0.196.